The number of amides is 1. The van der Waals surface area contributed by atoms with Crippen LogP contribution in [0.3, 0.4) is 0 Å². The second kappa shape index (κ2) is 8.74. The fourth-order valence-corrected chi connectivity index (χ4v) is 4.99. The van der Waals surface area contributed by atoms with E-state index in [-0.39, 0.29) is 24.8 Å². The fraction of sp³-hybridized carbons (Fsp3) is 0.423. The number of ether oxygens (including phenoxy) is 1. The van der Waals surface area contributed by atoms with E-state index in [0.29, 0.717) is 41.6 Å². The van der Waals surface area contributed by atoms with Gasteiger partial charge in [0, 0.05) is 42.7 Å². The molecule has 3 N–H and O–H groups in total. The normalized spacial score (nSPS) is 17.9. The largest absolute Gasteiger partial charge is 0.466 e. The third kappa shape index (κ3) is 4.02. The molecule has 1 aliphatic carbocycles. The minimum absolute atomic E-state index is 0.0789. The van der Waals surface area contributed by atoms with Crippen molar-refractivity contribution in [3.63, 3.8) is 0 Å². The van der Waals surface area contributed by atoms with Crippen LogP contribution in [0.5, 0.6) is 6.01 Å². The number of carbonyl (C=O) groups excluding carboxylic acids is 1. The van der Waals surface area contributed by atoms with E-state index in [1.165, 1.54) is 19.1 Å². The topological polar surface area (TPSA) is 97.1 Å². The lowest BCUT2D eigenvalue weighted by Gasteiger charge is -2.37. The van der Waals surface area contributed by atoms with E-state index in [1.807, 2.05) is 13.0 Å². The molecule has 2 heterocycles. The molecule has 1 aromatic heterocycles. The first-order valence-electron chi connectivity index (χ1n) is 11.8. The molecule has 0 atom stereocenters. The predicted molar refractivity (Wildman–Crippen MR) is 128 cm³/mol. The monoisotopic (exact) mass is 463 g/mol. The number of hydrogen-bond acceptors (Lipinski definition) is 5. The number of alkyl halides is 1. The summed E-state index contributed by atoms with van der Waals surface area (Å²) in [4.78, 5) is 19.7. The first-order valence-corrected chi connectivity index (χ1v) is 11.8. The van der Waals surface area contributed by atoms with Gasteiger partial charge in [0.15, 0.2) is 5.82 Å². The van der Waals surface area contributed by atoms with Crippen molar-refractivity contribution in [2.75, 3.05) is 25.9 Å². The van der Waals surface area contributed by atoms with Crippen LogP contribution in [0.15, 0.2) is 36.4 Å². The van der Waals surface area contributed by atoms with Gasteiger partial charge in [-0.05, 0) is 60.6 Å². The van der Waals surface area contributed by atoms with Crippen LogP contribution in [0, 0.1) is 6.92 Å². The Kier molecular flexibility index (Phi) is 5.75. The zero-order valence-corrected chi connectivity index (χ0v) is 19.6. The van der Waals surface area contributed by atoms with E-state index >= 15 is 4.39 Å². The van der Waals surface area contributed by atoms with Crippen LogP contribution in [0.1, 0.15) is 65.1 Å². The molecule has 1 saturated carbocycles. The number of benzene rings is 2. The lowest BCUT2D eigenvalue weighted by molar-refractivity contribution is 0.0421. The van der Waals surface area contributed by atoms with Crippen LogP contribution in [-0.4, -0.2) is 46.2 Å². The van der Waals surface area contributed by atoms with Gasteiger partial charge in [0.1, 0.15) is 5.67 Å². The molecular weight excluding hydrogens is 433 g/mol. The van der Waals surface area contributed by atoms with Crippen molar-refractivity contribution >= 4 is 11.6 Å². The number of aromatic nitrogens is 3. The summed E-state index contributed by atoms with van der Waals surface area (Å²) in [5.41, 5.74) is 9.15. The highest BCUT2D eigenvalue weighted by Gasteiger charge is 2.38. The highest BCUT2D eigenvalue weighted by molar-refractivity contribution is 5.97. The number of nitrogens with zero attached hydrogens (tertiary/aromatic N) is 3. The molecule has 0 unspecified atom stereocenters. The van der Waals surface area contributed by atoms with Crippen LogP contribution < -0.4 is 10.5 Å². The van der Waals surface area contributed by atoms with Gasteiger partial charge in [-0.15, -0.1) is 5.10 Å². The quantitative estimate of drug-likeness (QED) is 0.533. The number of rotatable bonds is 5. The van der Waals surface area contributed by atoms with Gasteiger partial charge in [-0.3, -0.25) is 9.89 Å². The van der Waals surface area contributed by atoms with Crippen LogP contribution in [0.2, 0.25) is 0 Å². The molecule has 8 heteroatoms. The van der Waals surface area contributed by atoms with Gasteiger partial charge < -0.3 is 15.4 Å². The minimum atomic E-state index is -1.45. The van der Waals surface area contributed by atoms with Gasteiger partial charge in [-0.1, -0.05) is 24.6 Å². The molecule has 1 saturated heterocycles. The number of piperidine rings is 1. The summed E-state index contributed by atoms with van der Waals surface area (Å²) in [5.74, 6) is 0.971. The number of halogens is 1. The summed E-state index contributed by atoms with van der Waals surface area (Å²) < 4.78 is 20.8. The minimum Gasteiger partial charge on any atom is -0.466 e. The zero-order chi connectivity index (χ0) is 23.9. The number of nitrogens with one attached hydrogen (secondary N) is 1. The number of carbonyl (C=O) groups is 1. The molecule has 0 spiro atoms. The lowest BCUT2D eigenvalue weighted by atomic mass is 9.77. The Hall–Kier alpha value is -3.42. The number of H-pyrrole nitrogens is 1. The van der Waals surface area contributed by atoms with Gasteiger partial charge in [-0.2, -0.15) is 4.98 Å². The van der Waals surface area contributed by atoms with E-state index in [2.05, 4.69) is 21.2 Å². The van der Waals surface area contributed by atoms with Crippen molar-refractivity contribution in [2.45, 2.75) is 50.6 Å². The van der Waals surface area contributed by atoms with Crippen molar-refractivity contribution in [2.24, 2.45) is 0 Å². The summed E-state index contributed by atoms with van der Waals surface area (Å²) in [6, 6.07) is 11.2. The molecule has 2 fully saturated rings. The summed E-state index contributed by atoms with van der Waals surface area (Å²) >= 11 is 0. The zero-order valence-electron chi connectivity index (χ0n) is 19.6. The summed E-state index contributed by atoms with van der Waals surface area (Å²) in [7, 11) is 1.52. The van der Waals surface area contributed by atoms with Gasteiger partial charge in [0.25, 0.3) is 5.91 Å². The lowest BCUT2D eigenvalue weighted by Crippen LogP contribution is -2.43. The van der Waals surface area contributed by atoms with Crippen molar-refractivity contribution in [1.82, 2.24) is 20.1 Å². The van der Waals surface area contributed by atoms with Crippen molar-refractivity contribution < 1.29 is 13.9 Å². The van der Waals surface area contributed by atoms with E-state index in [9.17, 15) is 4.79 Å². The summed E-state index contributed by atoms with van der Waals surface area (Å²) in [6.45, 7) is 2.68. The van der Waals surface area contributed by atoms with Crippen LogP contribution in [0.4, 0.5) is 10.1 Å². The maximum Gasteiger partial charge on any atom is 0.335 e. The molecule has 178 valence electrons. The molecule has 1 aliphatic heterocycles. The molecule has 3 aromatic rings. The van der Waals surface area contributed by atoms with Gasteiger partial charge in [-0.25, -0.2) is 4.39 Å². The standard InChI is InChI=1S/C26H30FN5O2/c1-16-14-21(17-4-3-5-17)22(23-29-25(34-2)31-30-23)15-20(16)24(33)32-12-10-26(27,11-13-32)18-6-8-19(28)9-7-18/h6-9,14-15,17H,3-5,10-13,28H2,1-2H3,(H,29,30,31). The maximum absolute atomic E-state index is 15.7. The molecule has 0 radical (unpaired) electrons. The molecule has 2 aromatic carbocycles. The number of hydrogen-bond donors (Lipinski definition) is 2. The van der Waals surface area contributed by atoms with E-state index < -0.39 is 5.67 Å². The number of methoxy groups -OCH3 is 1. The number of nitrogen functional groups attached to an aromatic ring is 1. The smallest absolute Gasteiger partial charge is 0.335 e. The first kappa shape index (κ1) is 22.4. The Labute approximate surface area is 198 Å². The number of aryl methyl sites for hydroxylation is 1. The van der Waals surface area contributed by atoms with E-state index in [1.54, 1.807) is 29.2 Å². The Morgan fingerprint density at radius 2 is 1.91 bits per heavy atom. The Morgan fingerprint density at radius 3 is 2.50 bits per heavy atom. The van der Waals surface area contributed by atoms with Crippen LogP contribution >= 0.6 is 0 Å². The molecule has 34 heavy (non-hydrogen) atoms. The fourth-order valence-electron chi connectivity index (χ4n) is 4.99. The van der Waals surface area contributed by atoms with Crippen molar-refractivity contribution in [1.29, 1.82) is 0 Å². The molecule has 0 bridgehead atoms. The van der Waals surface area contributed by atoms with Gasteiger partial charge in [0.2, 0.25) is 0 Å². The molecule has 7 nitrogen and oxygen atoms in total. The Bertz CT molecular complexity index is 1190. The second-order valence-corrected chi connectivity index (χ2v) is 9.43. The highest BCUT2D eigenvalue weighted by Crippen LogP contribution is 2.42. The van der Waals surface area contributed by atoms with E-state index in [0.717, 1.165) is 24.0 Å². The van der Waals surface area contributed by atoms with Crippen molar-refractivity contribution in [3.05, 3.63) is 58.7 Å². The van der Waals surface area contributed by atoms with Gasteiger partial charge in [0.05, 0.1) is 7.11 Å². The number of aromatic amines is 1. The first-order chi connectivity index (χ1) is 16.4. The predicted octanol–water partition coefficient (Wildman–Crippen LogP) is 4.74. The van der Waals surface area contributed by atoms with Crippen LogP contribution in [0.25, 0.3) is 11.4 Å². The number of anilines is 1. The Morgan fingerprint density at radius 1 is 1.21 bits per heavy atom. The van der Waals surface area contributed by atoms with Crippen LogP contribution in [-0.2, 0) is 5.67 Å². The number of likely N-dealkylation sites (tertiary alicyclic amines) is 1. The average Bonchev–Trinajstić information content (AvgIpc) is 3.28. The molecule has 2 aliphatic rings. The van der Waals surface area contributed by atoms with Gasteiger partial charge >= 0.3 is 6.01 Å². The van der Waals surface area contributed by atoms with Crippen molar-refractivity contribution in [3.8, 4) is 17.4 Å². The molecule has 5 rings (SSSR count). The molecular formula is C26H30FN5O2. The second-order valence-electron chi connectivity index (χ2n) is 9.43. The maximum atomic E-state index is 15.7. The third-order valence-electron chi connectivity index (χ3n) is 7.35. The third-order valence-corrected chi connectivity index (χ3v) is 7.35. The summed E-state index contributed by atoms with van der Waals surface area (Å²) in [6.07, 6.45) is 3.97. The highest BCUT2D eigenvalue weighted by atomic mass is 19.1. The SMILES string of the molecule is COc1n[nH]c(-c2cc(C(=O)N3CCC(F)(c4ccc(N)cc4)CC3)c(C)cc2C2CCC2)n1. The number of nitrogens with two attached hydrogens (primary N) is 1. The molecule has 1 amide bonds. The Balaban J connectivity index is 1.40. The van der Waals surface area contributed by atoms with E-state index in [4.69, 9.17) is 10.5 Å². The average molecular weight is 464 g/mol. The summed E-state index contributed by atoms with van der Waals surface area (Å²) in [5, 5.41) is 7.03.